The molecule has 0 fully saturated rings. The molecule has 5 atom stereocenters. The fourth-order valence-electron chi connectivity index (χ4n) is 9.51. The second-order valence-corrected chi connectivity index (χ2v) is 27.7. The van der Waals surface area contributed by atoms with E-state index < -0.39 is 97.5 Å². The summed E-state index contributed by atoms with van der Waals surface area (Å²) in [6.07, 6.45) is 81.4. The van der Waals surface area contributed by atoms with Crippen molar-refractivity contribution in [2.75, 3.05) is 39.6 Å². The van der Waals surface area contributed by atoms with Gasteiger partial charge in [0.15, 0.2) is 12.2 Å². The number of hydrogen-bond acceptors (Lipinski definition) is 15. The van der Waals surface area contributed by atoms with Gasteiger partial charge < -0.3 is 33.8 Å². The molecule has 0 saturated carbocycles. The highest BCUT2D eigenvalue weighted by Gasteiger charge is 2.30. The second kappa shape index (κ2) is 72.3. The molecule has 570 valence electrons. The number of allylic oxidation sites excluding steroid dienone is 24. The Morgan fingerprint density at radius 3 is 0.910 bits per heavy atom. The SMILES string of the molecule is CC/C=C\C/C=C\C/C=C\C/C=C\C/C=C\CCCC(=O)OCC(COP(=O)(O)OCC(O)COP(=O)(O)OCC(COC(=O)CCCC/C=C\C/C=C\C/C=C\C/C=C\CC)OC(=O)CCCCCCC/C=C\C/C=C\CCC)OC(=O)CCCCCCC/C=C\CCCCCCCC. The van der Waals surface area contributed by atoms with Crippen molar-refractivity contribution >= 4 is 39.5 Å². The quantitative estimate of drug-likeness (QED) is 0.0169. The Hall–Kier alpha value is -5.06. The first-order valence-corrected chi connectivity index (χ1v) is 41.1. The van der Waals surface area contributed by atoms with E-state index in [2.05, 4.69) is 161 Å². The standard InChI is InChI=1S/C81H134O17P2/c1-5-9-13-17-21-25-29-33-36-37-40-43-46-50-54-58-62-66-79(84)92-72-77(98-81(86)68-64-60-56-52-48-44-39-35-31-27-23-19-15-11-7-3)74-96-100(89,90)94-70-75(82)69-93-99(87,88)95-73-76(97-80(85)67-63-59-55-51-47-41-32-28-24-20-16-12-8-4)71-91-78(83)65-61-57-53-49-45-42-38-34-30-26-22-18-14-10-6-2/h9-10,13-14,16,20-22,25-26,28,32-36,38-40,43,45,49-50,54,75-77,82H,5-8,11-12,15,17-19,23-24,27,29-31,37,41-42,44,46-48,51-53,55-74H2,1-4H3,(H,87,88)(H,89,90)/b13-9-,14-10-,20-16-,25-21-,26-22-,32-28-,36-33-,38-34-,39-35-,43-40-,49-45-,54-50-. The highest BCUT2D eigenvalue weighted by Crippen LogP contribution is 2.45. The van der Waals surface area contributed by atoms with Crippen LogP contribution in [-0.4, -0.2) is 96.7 Å². The maximum Gasteiger partial charge on any atom is 0.472 e. The van der Waals surface area contributed by atoms with Gasteiger partial charge in [-0.15, -0.1) is 0 Å². The number of phosphoric acid groups is 2. The van der Waals surface area contributed by atoms with Crippen molar-refractivity contribution < 1.29 is 80.2 Å². The summed E-state index contributed by atoms with van der Waals surface area (Å²) in [4.78, 5) is 72.8. The average Bonchev–Trinajstić information content (AvgIpc) is 1.06. The second-order valence-electron chi connectivity index (χ2n) is 24.8. The van der Waals surface area contributed by atoms with Crippen LogP contribution < -0.4 is 0 Å². The van der Waals surface area contributed by atoms with Crippen molar-refractivity contribution in [2.45, 2.75) is 303 Å². The molecular formula is C81H134O17P2. The van der Waals surface area contributed by atoms with Gasteiger partial charge in [0.05, 0.1) is 26.4 Å². The van der Waals surface area contributed by atoms with Gasteiger partial charge >= 0.3 is 39.5 Å². The predicted molar refractivity (Wildman–Crippen MR) is 408 cm³/mol. The third kappa shape index (κ3) is 71.3. The third-order valence-electron chi connectivity index (χ3n) is 15.2. The van der Waals surface area contributed by atoms with E-state index in [9.17, 15) is 43.2 Å². The number of ether oxygens (including phenoxy) is 4. The maximum absolute atomic E-state index is 13.1. The van der Waals surface area contributed by atoms with Crippen LogP contribution >= 0.6 is 15.6 Å². The zero-order valence-corrected chi connectivity index (χ0v) is 63.9. The lowest BCUT2D eigenvalue weighted by atomic mass is 10.1. The van der Waals surface area contributed by atoms with Gasteiger partial charge in [-0.3, -0.25) is 37.3 Å². The normalized spacial score (nSPS) is 14.8. The largest absolute Gasteiger partial charge is 0.472 e. The Balaban J connectivity index is 5.46. The first kappa shape index (κ1) is 94.9. The molecule has 0 radical (unpaired) electrons. The van der Waals surface area contributed by atoms with Crippen molar-refractivity contribution in [3.05, 3.63) is 146 Å². The molecule has 0 amide bonds. The molecule has 0 aliphatic carbocycles. The van der Waals surface area contributed by atoms with Crippen LogP contribution in [0.15, 0.2) is 146 Å². The number of esters is 4. The highest BCUT2D eigenvalue weighted by molar-refractivity contribution is 7.47. The van der Waals surface area contributed by atoms with Crippen LogP contribution in [0.25, 0.3) is 0 Å². The first-order chi connectivity index (χ1) is 48.7. The Kier molecular flexibility index (Phi) is 68.6. The Morgan fingerprint density at radius 1 is 0.290 bits per heavy atom. The monoisotopic (exact) mass is 1440 g/mol. The predicted octanol–water partition coefficient (Wildman–Crippen LogP) is 21.9. The summed E-state index contributed by atoms with van der Waals surface area (Å²) in [5, 5.41) is 10.6. The third-order valence-corrected chi connectivity index (χ3v) is 17.2. The molecule has 3 N–H and O–H groups in total. The van der Waals surface area contributed by atoms with E-state index in [1.54, 1.807) is 0 Å². The lowest BCUT2D eigenvalue weighted by molar-refractivity contribution is -0.161. The van der Waals surface area contributed by atoms with Crippen molar-refractivity contribution in [3.8, 4) is 0 Å². The zero-order chi connectivity index (χ0) is 73.2. The van der Waals surface area contributed by atoms with Crippen LogP contribution in [0.4, 0.5) is 0 Å². The number of aliphatic hydroxyl groups excluding tert-OH is 1. The number of unbranched alkanes of at least 4 members (excludes halogenated alkanes) is 20. The smallest absolute Gasteiger partial charge is 0.462 e. The first-order valence-electron chi connectivity index (χ1n) is 38.1. The van der Waals surface area contributed by atoms with Crippen LogP contribution in [0.1, 0.15) is 285 Å². The van der Waals surface area contributed by atoms with E-state index in [0.29, 0.717) is 32.1 Å². The molecule has 0 aromatic carbocycles. The van der Waals surface area contributed by atoms with Gasteiger partial charge in [-0.2, -0.15) is 0 Å². The molecule has 0 aliphatic heterocycles. The molecule has 5 unspecified atom stereocenters. The number of phosphoric ester groups is 2. The van der Waals surface area contributed by atoms with Gasteiger partial charge in [0.1, 0.15) is 19.3 Å². The van der Waals surface area contributed by atoms with Crippen LogP contribution in [0, 0.1) is 0 Å². The number of carbonyl (C=O) groups excluding carboxylic acids is 4. The summed E-state index contributed by atoms with van der Waals surface area (Å²) in [6, 6.07) is 0. The fourth-order valence-corrected chi connectivity index (χ4v) is 11.1. The van der Waals surface area contributed by atoms with Gasteiger partial charge in [0.25, 0.3) is 0 Å². The van der Waals surface area contributed by atoms with Gasteiger partial charge in [-0.05, 0) is 154 Å². The summed E-state index contributed by atoms with van der Waals surface area (Å²) in [6.45, 7) is 4.42. The number of rotatable bonds is 70. The topological polar surface area (TPSA) is 237 Å². The molecule has 0 spiro atoms. The Morgan fingerprint density at radius 2 is 0.550 bits per heavy atom. The summed E-state index contributed by atoms with van der Waals surface area (Å²) in [5.41, 5.74) is 0. The van der Waals surface area contributed by atoms with Crippen LogP contribution in [0.2, 0.25) is 0 Å². The van der Waals surface area contributed by atoms with Crippen molar-refractivity contribution in [1.29, 1.82) is 0 Å². The Bertz CT molecular complexity index is 2470. The van der Waals surface area contributed by atoms with E-state index >= 15 is 0 Å². The molecule has 0 aliphatic rings. The van der Waals surface area contributed by atoms with Gasteiger partial charge in [-0.1, -0.05) is 251 Å². The van der Waals surface area contributed by atoms with E-state index in [1.807, 2.05) is 12.2 Å². The van der Waals surface area contributed by atoms with Crippen molar-refractivity contribution in [3.63, 3.8) is 0 Å². The molecular weight excluding hydrogens is 1310 g/mol. The lowest BCUT2D eigenvalue weighted by Crippen LogP contribution is -2.30. The molecule has 0 bridgehead atoms. The van der Waals surface area contributed by atoms with Crippen LogP contribution in [0.5, 0.6) is 0 Å². The zero-order valence-electron chi connectivity index (χ0n) is 62.1. The van der Waals surface area contributed by atoms with Gasteiger partial charge in [0.2, 0.25) is 0 Å². The highest BCUT2D eigenvalue weighted by atomic mass is 31.2. The van der Waals surface area contributed by atoms with Gasteiger partial charge in [0, 0.05) is 25.7 Å². The van der Waals surface area contributed by atoms with Crippen molar-refractivity contribution in [2.24, 2.45) is 0 Å². The van der Waals surface area contributed by atoms with E-state index in [4.69, 9.17) is 37.0 Å². The maximum atomic E-state index is 13.1. The number of carbonyl (C=O) groups is 4. The molecule has 0 heterocycles. The number of aliphatic hydroxyl groups is 1. The fraction of sp³-hybridized carbons (Fsp3) is 0.654. The van der Waals surface area contributed by atoms with E-state index in [1.165, 1.54) is 38.5 Å². The molecule has 19 heteroatoms. The van der Waals surface area contributed by atoms with Crippen molar-refractivity contribution in [1.82, 2.24) is 0 Å². The summed E-state index contributed by atoms with van der Waals surface area (Å²) in [5.74, 6) is -2.32. The summed E-state index contributed by atoms with van der Waals surface area (Å²) < 4.78 is 68.4. The minimum Gasteiger partial charge on any atom is -0.462 e. The van der Waals surface area contributed by atoms with Gasteiger partial charge in [-0.25, -0.2) is 9.13 Å². The average molecular weight is 1440 g/mol. The molecule has 0 aromatic rings. The molecule has 0 aromatic heterocycles. The molecule has 0 saturated heterocycles. The lowest BCUT2D eigenvalue weighted by Gasteiger charge is -2.21. The van der Waals surface area contributed by atoms with E-state index in [-0.39, 0.29) is 25.7 Å². The Labute approximate surface area is 605 Å². The van der Waals surface area contributed by atoms with Crippen LogP contribution in [0.3, 0.4) is 0 Å². The molecule has 100 heavy (non-hydrogen) atoms. The minimum atomic E-state index is -5.00. The van der Waals surface area contributed by atoms with Crippen LogP contribution in [-0.2, 0) is 65.4 Å². The molecule has 0 rings (SSSR count). The summed E-state index contributed by atoms with van der Waals surface area (Å²) in [7, 11) is -9.99. The number of hydrogen-bond donors (Lipinski definition) is 3. The minimum absolute atomic E-state index is 0.0640. The molecule has 17 nitrogen and oxygen atoms in total. The van der Waals surface area contributed by atoms with E-state index in [0.717, 1.165) is 161 Å². The summed E-state index contributed by atoms with van der Waals surface area (Å²) >= 11 is 0.